The molecule has 2 aromatic carbocycles. The Morgan fingerprint density at radius 2 is 1.94 bits per heavy atom. The summed E-state index contributed by atoms with van der Waals surface area (Å²) < 4.78 is 23.4. The Kier molecular flexibility index (Phi) is 5.27. The van der Waals surface area contributed by atoms with Crippen molar-refractivity contribution in [2.45, 2.75) is 19.6 Å². The number of pyridine rings is 1. The van der Waals surface area contributed by atoms with Gasteiger partial charge in [0.05, 0.1) is 11.2 Å². The van der Waals surface area contributed by atoms with Gasteiger partial charge in [-0.25, -0.2) is 4.39 Å². The SMILES string of the molecule is CN1CCc2c(c3ccc(-n4ccc(OCc5ccc(Cl)cc5F)cc4=O)cc3n2C)C1. The number of aromatic nitrogens is 2. The van der Waals surface area contributed by atoms with Crippen molar-refractivity contribution >= 4 is 22.5 Å². The molecule has 0 N–H and O–H groups in total. The van der Waals surface area contributed by atoms with Crippen LogP contribution in [0.3, 0.4) is 0 Å². The van der Waals surface area contributed by atoms with Crippen LogP contribution in [0.5, 0.6) is 5.75 Å². The number of halogens is 2. The summed E-state index contributed by atoms with van der Waals surface area (Å²) in [6.45, 7) is 2.00. The van der Waals surface area contributed by atoms with E-state index in [4.69, 9.17) is 16.3 Å². The Labute approximate surface area is 190 Å². The van der Waals surface area contributed by atoms with Gasteiger partial charge < -0.3 is 14.2 Å². The zero-order chi connectivity index (χ0) is 22.4. The molecule has 0 unspecified atom stereocenters. The fraction of sp³-hybridized carbons (Fsp3) is 0.240. The fourth-order valence-corrected chi connectivity index (χ4v) is 4.57. The van der Waals surface area contributed by atoms with Gasteiger partial charge in [0, 0.05) is 60.5 Å². The first-order valence-corrected chi connectivity index (χ1v) is 10.9. The highest BCUT2D eigenvalue weighted by Gasteiger charge is 2.21. The van der Waals surface area contributed by atoms with Gasteiger partial charge in [0.2, 0.25) is 0 Å². The predicted molar refractivity (Wildman–Crippen MR) is 124 cm³/mol. The minimum Gasteiger partial charge on any atom is -0.489 e. The molecule has 164 valence electrons. The number of nitrogens with zero attached hydrogens (tertiary/aromatic N) is 3. The van der Waals surface area contributed by atoms with E-state index in [0.29, 0.717) is 16.3 Å². The molecule has 5 rings (SSSR count). The number of hydrogen-bond donors (Lipinski definition) is 0. The predicted octanol–water partition coefficient (Wildman–Crippen LogP) is 4.69. The van der Waals surface area contributed by atoms with Crippen LogP contribution in [0.2, 0.25) is 5.02 Å². The Bertz CT molecular complexity index is 1390. The molecular weight excluding hydrogens is 429 g/mol. The van der Waals surface area contributed by atoms with Crippen LogP contribution >= 0.6 is 11.6 Å². The van der Waals surface area contributed by atoms with Crippen molar-refractivity contribution < 1.29 is 9.13 Å². The summed E-state index contributed by atoms with van der Waals surface area (Å²) in [4.78, 5) is 15.1. The van der Waals surface area contributed by atoms with Gasteiger partial charge in [-0.05, 0) is 42.9 Å². The number of rotatable bonds is 4. The van der Waals surface area contributed by atoms with Crippen LogP contribution in [0.4, 0.5) is 4.39 Å². The molecule has 1 aliphatic heterocycles. The van der Waals surface area contributed by atoms with E-state index in [0.717, 1.165) is 30.7 Å². The lowest BCUT2D eigenvalue weighted by atomic mass is 10.0. The summed E-state index contributed by atoms with van der Waals surface area (Å²) in [6.07, 6.45) is 2.71. The molecular formula is C25H23ClFN3O2. The van der Waals surface area contributed by atoms with Gasteiger partial charge in [0.15, 0.2) is 0 Å². The van der Waals surface area contributed by atoms with E-state index in [2.05, 4.69) is 35.7 Å². The van der Waals surface area contributed by atoms with Gasteiger partial charge in [0.1, 0.15) is 18.2 Å². The second-order valence-electron chi connectivity index (χ2n) is 8.27. The lowest BCUT2D eigenvalue weighted by Gasteiger charge is -2.23. The summed E-state index contributed by atoms with van der Waals surface area (Å²) in [5, 5.41) is 1.56. The molecule has 0 fully saturated rings. The molecule has 5 nitrogen and oxygen atoms in total. The summed E-state index contributed by atoms with van der Waals surface area (Å²) >= 11 is 5.78. The first kappa shape index (κ1) is 20.8. The lowest BCUT2D eigenvalue weighted by Crippen LogP contribution is -2.26. The standard InChI is InChI=1S/C25H23ClFN3O2/c1-28-9-8-23-21(14-28)20-6-5-18(12-24(20)29(23)2)30-10-7-19(13-25(30)31)32-15-16-3-4-17(26)11-22(16)27/h3-7,10-13H,8-9,14-15H2,1-2H3. The molecule has 0 saturated heterocycles. The van der Waals surface area contributed by atoms with E-state index < -0.39 is 5.82 Å². The molecule has 0 saturated carbocycles. The molecule has 2 aromatic heterocycles. The molecule has 1 aliphatic rings. The molecule has 3 heterocycles. The first-order chi connectivity index (χ1) is 15.4. The van der Waals surface area contributed by atoms with Gasteiger partial charge in [0.25, 0.3) is 5.56 Å². The molecule has 32 heavy (non-hydrogen) atoms. The van der Waals surface area contributed by atoms with Crippen molar-refractivity contribution in [3.63, 3.8) is 0 Å². The molecule has 0 amide bonds. The highest BCUT2D eigenvalue weighted by atomic mass is 35.5. The molecule has 0 spiro atoms. The third kappa shape index (κ3) is 3.70. The van der Waals surface area contributed by atoms with Gasteiger partial charge >= 0.3 is 0 Å². The Balaban J connectivity index is 1.42. The van der Waals surface area contributed by atoms with E-state index >= 15 is 0 Å². The molecule has 0 radical (unpaired) electrons. The molecule has 0 atom stereocenters. The van der Waals surface area contributed by atoms with Crippen LogP contribution in [0, 0.1) is 5.82 Å². The van der Waals surface area contributed by atoms with Crippen LogP contribution < -0.4 is 10.3 Å². The highest BCUT2D eigenvalue weighted by molar-refractivity contribution is 6.30. The van der Waals surface area contributed by atoms with Crippen LogP contribution in [0.15, 0.2) is 59.5 Å². The van der Waals surface area contributed by atoms with E-state index in [1.807, 2.05) is 6.07 Å². The number of ether oxygens (including phenoxy) is 1. The quantitative estimate of drug-likeness (QED) is 0.452. The van der Waals surface area contributed by atoms with Gasteiger partial charge in [-0.15, -0.1) is 0 Å². The Morgan fingerprint density at radius 3 is 2.72 bits per heavy atom. The van der Waals surface area contributed by atoms with Crippen molar-refractivity contribution in [3.05, 3.63) is 92.7 Å². The second-order valence-corrected chi connectivity index (χ2v) is 8.71. The number of likely N-dealkylation sites (N-methyl/N-ethyl adjacent to an activating group) is 1. The normalized spacial score (nSPS) is 14.0. The van der Waals surface area contributed by atoms with Crippen LogP contribution in [0.25, 0.3) is 16.6 Å². The maximum absolute atomic E-state index is 14.0. The van der Waals surface area contributed by atoms with E-state index in [1.165, 1.54) is 28.8 Å². The van der Waals surface area contributed by atoms with Gasteiger partial charge in [-0.3, -0.25) is 9.36 Å². The van der Waals surface area contributed by atoms with Crippen molar-refractivity contribution in [2.75, 3.05) is 13.6 Å². The van der Waals surface area contributed by atoms with Crippen molar-refractivity contribution in [1.29, 1.82) is 0 Å². The average Bonchev–Trinajstić information content (AvgIpc) is 3.04. The summed E-state index contributed by atoms with van der Waals surface area (Å²) in [5.41, 5.74) is 4.81. The van der Waals surface area contributed by atoms with Crippen molar-refractivity contribution in [1.82, 2.24) is 14.0 Å². The maximum atomic E-state index is 14.0. The smallest absolute Gasteiger partial charge is 0.258 e. The van der Waals surface area contributed by atoms with E-state index in [9.17, 15) is 9.18 Å². The summed E-state index contributed by atoms with van der Waals surface area (Å²) in [7, 11) is 4.23. The summed E-state index contributed by atoms with van der Waals surface area (Å²) in [6, 6.07) is 13.7. The molecule has 0 bridgehead atoms. The average molecular weight is 452 g/mol. The van der Waals surface area contributed by atoms with Crippen LogP contribution in [-0.2, 0) is 26.6 Å². The largest absolute Gasteiger partial charge is 0.489 e. The van der Waals surface area contributed by atoms with E-state index in [1.54, 1.807) is 29.0 Å². The van der Waals surface area contributed by atoms with Crippen LogP contribution in [-0.4, -0.2) is 27.6 Å². The molecule has 7 heteroatoms. The first-order valence-electron chi connectivity index (χ1n) is 10.5. The van der Waals surface area contributed by atoms with E-state index in [-0.39, 0.29) is 12.2 Å². The van der Waals surface area contributed by atoms with Crippen molar-refractivity contribution in [2.24, 2.45) is 7.05 Å². The number of hydrogen-bond acceptors (Lipinski definition) is 3. The molecule has 4 aromatic rings. The van der Waals surface area contributed by atoms with Gasteiger partial charge in [-0.1, -0.05) is 23.7 Å². The Morgan fingerprint density at radius 1 is 1.09 bits per heavy atom. The zero-order valence-electron chi connectivity index (χ0n) is 17.9. The third-order valence-electron chi connectivity index (χ3n) is 6.16. The maximum Gasteiger partial charge on any atom is 0.258 e. The topological polar surface area (TPSA) is 39.4 Å². The number of fused-ring (bicyclic) bond motifs is 3. The fourth-order valence-electron chi connectivity index (χ4n) is 4.41. The monoisotopic (exact) mass is 451 g/mol. The van der Waals surface area contributed by atoms with Gasteiger partial charge in [-0.2, -0.15) is 0 Å². The lowest BCUT2D eigenvalue weighted by molar-refractivity contribution is 0.299. The Hall–Kier alpha value is -3.09. The zero-order valence-corrected chi connectivity index (χ0v) is 18.7. The van der Waals surface area contributed by atoms with Crippen LogP contribution in [0.1, 0.15) is 16.8 Å². The molecule has 0 aliphatic carbocycles. The minimum absolute atomic E-state index is 0.0156. The highest BCUT2D eigenvalue weighted by Crippen LogP contribution is 2.31. The summed E-state index contributed by atoms with van der Waals surface area (Å²) in [5.74, 6) is -0.0466. The number of benzene rings is 2. The number of aryl methyl sites for hydroxylation is 1. The second kappa shape index (κ2) is 8.11. The minimum atomic E-state index is -0.435. The van der Waals surface area contributed by atoms with Crippen molar-refractivity contribution in [3.8, 4) is 11.4 Å². The third-order valence-corrected chi connectivity index (χ3v) is 6.39.